The number of hydrogen-bond acceptors (Lipinski definition) is 7. The predicted octanol–water partition coefficient (Wildman–Crippen LogP) is 9.02. The van der Waals surface area contributed by atoms with Crippen molar-refractivity contribution in [3.63, 3.8) is 0 Å². The highest BCUT2D eigenvalue weighted by atomic mass is 28.4. The van der Waals surface area contributed by atoms with Crippen LogP contribution < -0.4 is 4.74 Å². The number of para-hydroxylation sites is 1. The fourth-order valence-corrected chi connectivity index (χ4v) is 8.44. The fourth-order valence-electron chi connectivity index (χ4n) is 5.73. The minimum absolute atomic E-state index is 0.0118. The molecule has 1 saturated carbocycles. The zero-order valence-electron chi connectivity index (χ0n) is 32.5. The molecule has 6 atom stereocenters. The molecule has 1 fully saturated rings. The maximum absolute atomic E-state index is 11.9. The summed E-state index contributed by atoms with van der Waals surface area (Å²) in [6, 6.07) is 6.11. The van der Waals surface area contributed by atoms with E-state index in [9.17, 15) is 9.90 Å². The van der Waals surface area contributed by atoms with Crippen molar-refractivity contribution in [3.8, 4) is 17.6 Å². The molecule has 2 rings (SSSR count). The number of aliphatic hydroxyl groups excluding tert-OH is 1. The molecule has 0 bridgehead atoms. The Bertz CT molecular complexity index is 1270. The minimum Gasteiger partial charge on any atom is -0.469 e. The zero-order chi connectivity index (χ0) is 36.5. The molecule has 2 unspecified atom stereocenters. The van der Waals surface area contributed by atoms with Gasteiger partial charge in [-0.05, 0) is 73.9 Å². The molecule has 7 nitrogen and oxygen atoms in total. The third-order valence-electron chi connectivity index (χ3n) is 10.8. The van der Waals surface area contributed by atoms with E-state index < -0.39 is 22.7 Å². The first-order valence-electron chi connectivity index (χ1n) is 17.6. The molecule has 0 amide bonds. The Hall–Kier alpha value is -1.94. The Kier molecular flexibility index (Phi) is 15.7. The lowest BCUT2D eigenvalue weighted by Gasteiger charge is -2.41. The van der Waals surface area contributed by atoms with E-state index in [1.54, 1.807) is 7.11 Å². The summed E-state index contributed by atoms with van der Waals surface area (Å²) in [5, 5.41) is 12.0. The van der Waals surface area contributed by atoms with E-state index in [0.717, 1.165) is 17.5 Å². The molecule has 0 heterocycles. The normalized spacial score (nSPS) is 21.9. The summed E-state index contributed by atoms with van der Waals surface area (Å²) in [5.41, 5.74) is 1.90. The zero-order valence-corrected chi connectivity index (χ0v) is 34.5. The average Bonchev–Trinajstić information content (AvgIpc) is 3.28. The number of aliphatic hydroxyl groups is 1. The molecule has 1 aromatic rings. The van der Waals surface area contributed by atoms with Crippen molar-refractivity contribution in [1.29, 1.82) is 0 Å². The maximum atomic E-state index is 11.9. The number of carbonyl (C=O) groups is 1. The van der Waals surface area contributed by atoms with Gasteiger partial charge in [-0.3, -0.25) is 4.79 Å². The fraction of sp³-hybridized carbons (Fsp3) is 0.718. The molecule has 0 spiro atoms. The lowest BCUT2D eigenvalue weighted by Crippen LogP contribution is -2.45. The Labute approximate surface area is 294 Å². The molecule has 0 radical (unpaired) electrons. The number of esters is 1. The van der Waals surface area contributed by atoms with Gasteiger partial charge in [0.25, 0.3) is 0 Å². The Morgan fingerprint density at radius 1 is 1.06 bits per heavy atom. The van der Waals surface area contributed by atoms with Gasteiger partial charge >= 0.3 is 5.97 Å². The van der Waals surface area contributed by atoms with Gasteiger partial charge in [0.05, 0.1) is 25.4 Å². The lowest BCUT2D eigenvalue weighted by atomic mass is 9.84. The maximum Gasteiger partial charge on any atom is 0.305 e. The van der Waals surface area contributed by atoms with Crippen LogP contribution in [0.1, 0.15) is 98.1 Å². The largest absolute Gasteiger partial charge is 0.469 e. The smallest absolute Gasteiger partial charge is 0.305 e. The Balaban J connectivity index is 2.70. The van der Waals surface area contributed by atoms with Crippen LogP contribution in [-0.4, -0.2) is 67.0 Å². The second-order valence-electron chi connectivity index (χ2n) is 16.5. The van der Waals surface area contributed by atoms with Crippen LogP contribution >= 0.6 is 0 Å². The van der Waals surface area contributed by atoms with Crippen LogP contribution in [0.5, 0.6) is 5.75 Å². The van der Waals surface area contributed by atoms with E-state index >= 15 is 0 Å². The van der Waals surface area contributed by atoms with Crippen LogP contribution in [0.4, 0.5) is 0 Å². The van der Waals surface area contributed by atoms with Gasteiger partial charge < -0.3 is 28.2 Å². The Morgan fingerprint density at radius 2 is 1.71 bits per heavy atom. The monoisotopic (exact) mass is 702 g/mol. The molecule has 1 aromatic carbocycles. The van der Waals surface area contributed by atoms with Crippen LogP contribution in [0.15, 0.2) is 30.4 Å². The lowest BCUT2D eigenvalue weighted by molar-refractivity contribution is -0.140. The molecular formula is C39H66O7Si2. The van der Waals surface area contributed by atoms with E-state index in [4.69, 9.17) is 23.1 Å². The summed E-state index contributed by atoms with van der Waals surface area (Å²) >= 11 is 0. The molecule has 0 saturated heterocycles. The van der Waals surface area contributed by atoms with Gasteiger partial charge in [-0.2, -0.15) is 0 Å². The topological polar surface area (TPSA) is 83.5 Å². The van der Waals surface area contributed by atoms with Crippen molar-refractivity contribution in [2.45, 2.75) is 148 Å². The summed E-state index contributed by atoms with van der Waals surface area (Å²) < 4.78 is 30.7. The van der Waals surface area contributed by atoms with Gasteiger partial charge in [0.1, 0.15) is 5.75 Å². The van der Waals surface area contributed by atoms with Gasteiger partial charge in [-0.25, -0.2) is 0 Å². The summed E-state index contributed by atoms with van der Waals surface area (Å²) in [7, 11) is -1.29. The molecule has 1 aliphatic carbocycles. The highest BCUT2D eigenvalue weighted by Crippen LogP contribution is 2.49. The highest BCUT2D eigenvalue weighted by molar-refractivity contribution is 6.74. The molecule has 1 N–H and O–H groups in total. The van der Waals surface area contributed by atoms with Gasteiger partial charge in [0.15, 0.2) is 23.4 Å². The van der Waals surface area contributed by atoms with E-state index in [1.807, 2.05) is 19.1 Å². The second-order valence-corrected chi connectivity index (χ2v) is 26.0. The van der Waals surface area contributed by atoms with Gasteiger partial charge in [0.2, 0.25) is 0 Å². The molecule has 1 aliphatic rings. The highest BCUT2D eigenvalue weighted by Gasteiger charge is 2.49. The van der Waals surface area contributed by atoms with Crippen LogP contribution in [0.3, 0.4) is 0 Å². The number of methoxy groups -OCH3 is 2. The summed E-state index contributed by atoms with van der Waals surface area (Å²) in [5.74, 6) is 6.59. The SMILES string of the molecule is CC#CCC(C)C(/C=C/[C@@H]1[C@@H](c2cccc(CCCC(=O)OC)c2OCOC)[C@@H](O)C[C@H]1O[Si](C)(C)C(C)(C)C)O[Si](C)(C)C(C)(C)C. The molecule has 272 valence electrons. The molecular weight excluding hydrogens is 637 g/mol. The third kappa shape index (κ3) is 11.3. The van der Waals surface area contributed by atoms with Gasteiger partial charge in [-0.1, -0.05) is 78.8 Å². The van der Waals surface area contributed by atoms with Crippen molar-refractivity contribution >= 4 is 22.6 Å². The summed E-state index contributed by atoms with van der Waals surface area (Å²) in [6.45, 7) is 26.9. The molecule has 0 aliphatic heterocycles. The third-order valence-corrected chi connectivity index (χ3v) is 19.7. The van der Waals surface area contributed by atoms with Crippen molar-refractivity contribution < 1.29 is 33.0 Å². The van der Waals surface area contributed by atoms with Crippen molar-refractivity contribution in [3.05, 3.63) is 41.5 Å². The summed E-state index contributed by atoms with van der Waals surface area (Å²) in [6.07, 6.45) is 6.37. The molecule has 48 heavy (non-hydrogen) atoms. The first-order valence-corrected chi connectivity index (χ1v) is 23.4. The average molecular weight is 703 g/mol. The van der Waals surface area contributed by atoms with E-state index in [1.165, 1.54) is 7.11 Å². The van der Waals surface area contributed by atoms with Crippen molar-refractivity contribution in [2.24, 2.45) is 11.8 Å². The molecule has 9 heteroatoms. The van der Waals surface area contributed by atoms with E-state index in [2.05, 4.69) is 105 Å². The number of benzene rings is 1. The minimum atomic E-state index is -2.19. The quantitative estimate of drug-likeness (QED) is 0.0605. The van der Waals surface area contributed by atoms with Crippen molar-refractivity contribution in [2.75, 3.05) is 21.0 Å². The van der Waals surface area contributed by atoms with Crippen LogP contribution in [0.2, 0.25) is 36.3 Å². The molecule has 0 aromatic heterocycles. The van der Waals surface area contributed by atoms with Crippen LogP contribution in [0.25, 0.3) is 0 Å². The number of carbonyl (C=O) groups excluding carboxylic acids is 1. The van der Waals surface area contributed by atoms with E-state index in [-0.39, 0.29) is 52.8 Å². The first kappa shape index (κ1) is 42.2. The van der Waals surface area contributed by atoms with Gasteiger partial charge in [0, 0.05) is 37.4 Å². The summed E-state index contributed by atoms with van der Waals surface area (Å²) in [4.78, 5) is 11.9. The first-order chi connectivity index (χ1) is 22.2. The second kappa shape index (κ2) is 17.8. The van der Waals surface area contributed by atoms with Crippen LogP contribution in [0, 0.1) is 23.7 Å². The predicted molar refractivity (Wildman–Crippen MR) is 201 cm³/mol. The van der Waals surface area contributed by atoms with E-state index in [0.29, 0.717) is 31.4 Å². The Morgan fingerprint density at radius 3 is 2.27 bits per heavy atom. The number of ether oxygens (including phenoxy) is 3. The standard InChI is InChI=1S/C39H66O7Si2/c1-15-16-19-28(2)33(45-47(11,12)38(3,4)5)25-24-30-34(46-48(13,14)39(6,7)8)26-32(40)36(30)31-22-17-20-29(37(31)44-27-42-9)21-18-23-35(41)43-10/h17,20,22,24-25,28,30,32-34,36,40H,18-19,21,23,26-27H2,1-14H3/b25-24+/t28?,30-,32-,33?,34+,36-/m0/s1. The number of rotatable bonds is 16. The number of hydrogen-bond donors (Lipinski definition) is 1. The number of aryl methyl sites for hydroxylation is 1. The van der Waals surface area contributed by atoms with Crippen LogP contribution in [-0.2, 0) is 29.5 Å². The van der Waals surface area contributed by atoms with Crippen molar-refractivity contribution in [1.82, 2.24) is 0 Å². The van der Waals surface area contributed by atoms with Gasteiger partial charge in [-0.15, -0.1) is 11.8 Å².